The van der Waals surface area contributed by atoms with Gasteiger partial charge in [0.1, 0.15) is 23.0 Å². The maximum absolute atomic E-state index is 10.8. The van der Waals surface area contributed by atoms with Gasteiger partial charge in [-0.2, -0.15) is 0 Å². The summed E-state index contributed by atoms with van der Waals surface area (Å²) in [5, 5.41) is 23.5. The molecule has 0 unspecified atom stereocenters. The number of thiophene rings is 1. The number of aromatic hydroxyl groups is 2. The van der Waals surface area contributed by atoms with Gasteiger partial charge in [0, 0.05) is 16.0 Å². The van der Waals surface area contributed by atoms with Crippen LogP contribution in [0.4, 0.5) is 0 Å². The van der Waals surface area contributed by atoms with Crippen molar-refractivity contribution >= 4 is 29.9 Å². The van der Waals surface area contributed by atoms with Crippen LogP contribution in [0.25, 0.3) is 0 Å². The normalized spacial score (nSPS) is 10.3. The van der Waals surface area contributed by atoms with Crippen LogP contribution in [0.3, 0.4) is 0 Å². The average Bonchev–Trinajstić information content (AvgIpc) is 3.23. The molecule has 3 rings (SSSR count). The number of halogens is 2. The summed E-state index contributed by atoms with van der Waals surface area (Å²) in [5.41, 5.74) is 2.82. The third-order valence-electron chi connectivity index (χ3n) is 4.53. The van der Waals surface area contributed by atoms with Crippen LogP contribution in [-0.2, 0) is 17.0 Å². The predicted molar refractivity (Wildman–Crippen MR) is 116 cm³/mol. The zero-order valence-electron chi connectivity index (χ0n) is 16.5. The van der Waals surface area contributed by atoms with E-state index in [1.165, 1.54) is 0 Å². The summed E-state index contributed by atoms with van der Waals surface area (Å²) in [5.74, 6) is 1.39. The molecule has 0 amide bonds. The standard InChI is InChI=1S/C21H22O4S.2ClH.Ti/c1-12-8-14(24-3)10-16(20(12)22)19(18-6-5-7-26-18)17-11-15(25-4)9-13(2)21(17)23;;;/h5-11,19,22-23H,1-4H3;2*1H;/q;;;+2/p-2. The van der Waals surface area contributed by atoms with Crippen LogP contribution in [0.5, 0.6) is 23.0 Å². The van der Waals surface area contributed by atoms with Gasteiger partial charge in [0.05, 0.1) is 20.1 Å². The van der Waals surface area contributed by atoms with Crippen molar-refractivity contribution in [3.05, 3.63) is 68.9 Å². The summed E-state index contributed by atoms with van der Waals surface area (Å²) in [6.07, 6.45) is 0. The number of methoxy groups -OCH3 is 2. The van der Waals surface area contributed by atoms with E-state index in [2.05, 4.69) is 0 Å². The Kier molecular flexibility index (Phi) is 9.19. The minimum atomic E-state index is -0.556. The quantitative estimate of drug-likeness (QED) is 0.410. The molecule has 2 N–H and O–H groups in total. The Labute approximate surface area is 191 Å². The molecule has 1 heterocycles. The molecule has 0 atom stereocenters. The molecule has 1 aromatic heterocycles. The Hall–Kier alpha value is -1.37. The Bertz CT molecular complexity index is 889. The van der Waals surface area contributed by atoms with Crippen molar-refractivity contribution in [2.75, 3.05) is 14.2 Å². The van der Waals surface area contributed by atoms with Crippen molar-refractivity contribution in [1.29, 1.82) is 0 Å². The molecule has 8 heteroatoms. The summed E-state index contributed by atoms with van der Waals surface area (Å²) < 4.78 is 10.8. The van der Waals surface area contributed by atoms with Gasteiger partial charge >= 0.3 is 35.6 Å². The molecule has 0 bridgehead atoms. The first-order valence-corrected chi connectivity index (χ1v) is 13.8. The number of rotatable bonds is 5. The van der Waals surface area contributed by atoms with E-state index in [-0.39, 0.29) is 17.4 Å². The molecule has 0 radical (unpaired) electrons. The second-order valence-corrected chi connectivity index (χ2v) is 9.84. The molecule has 4 nitrogen and oxygen atoms in total. The number of benzene rings is 2. The summed E-state index contributed by atoms with van der Waals surface area (Å²) in [4.78, 5) is 1.01. The Morgan fingerprint density at radius 2 is 1.34 bits per heavy atom. The van der Waals surface area contributed by atoms with E-state index < -0.39 is 17.0 Å². The van der Waals surface area contributed by atoms with Crippen molar-refractivity contribution in [1.82, 2.24) is 0 Å². The fraction of sp³-hybridized carbons (Fsp3) is 0.238. The van der Waals surface area contributed by atoms with Crippen LogP contribution in [0.1, 0.15) is 33.0 Å². The first kappa shape index (κ1) is 23.9. The van der Waals surface area contributed by atoms with E-state index in [1.807, 2.05) is 43.5 Å². The van der Waals surface area contributed by atoms with Crippen molar-refractivity contribution < 1.29 is 36.7 Å². The molecule has 0 saturated heterocycles. The van der Waals surface area contributed by atoms with Gasteiger partial charge in [-0.25, -0.2) is 0 Å². The zero-order valence-corrected chi connectivity index (χ0v) is 20.4. The molecule has 3 aromatic rings. The Balaban J connectivity index is 0.000000941. The first-order chi connectivity index (χ1) is 13.9. The molecule has 0 saturated carbocycles. The van der Waals surface area contributed by atoms with Gasteiger partial charge in [-0.15, -0.1) is 11.3 Å². The molecular formula is C21H22Cl2O4STi. The van der Waals surface area contributed by atoms with E-state index in [1.54, 1.807) is 37.7 Å². The molecule has 0 aliphatic rings. The van der Waals surface area contributed by atoms with E-state index in [9.17, 15) is 10.2 Å². The Morgan fingerprint density at radius 3 is 1.69 bits per heavy atom. The number of phenolic OH excluding ortho intramolecular Hbond substituents is 2. The van der Waals surface area contributed by atoms with Gasteiger partial charge in [0.15, 0.2) is 0 Å². The summed E-state index contributed by atoms with van der Waals surface area (Å²) in [6, 6.07) is 11.2. The van der Waals surface area contributed by atoms with Crippen LogP contribution in [0.15, 0.2) is 41.8 Å². The van der Waals surface area contributed by atoms with Crippen LogP contribution in [0, 0.1) is 13.8 Å². The van der Waals surface area contributed by atoms with E-state index in [0.29, 0.717) is 22.6 Å². The molecule has 2 aromatic carbocycles. The molecule has 0 aliphatic carbocycles. The third-order valence-corrected chi connectivity index (χ3v) is 5.47. The first-order valence-electron chi connectivity index (χ1n) is 8.62. The summed E-state index contributed by atoms with van der Waals surface area (Å²) >= 11 is 1.02. The summed E-state index contributed by atoms with van der Waals surface area (Å²) in [6.45, 7) is 3.67. The number of aryl methyl sites for hydroxylation is 2. The minimum absolute atomic E-state index is 0.198. The summed E-state index contributed by atoms with van der Waals surface area (Å²) in [7, 11) is 13.0. The van der Waals surface area contributed by atoms with Gasteiger partial charge in [-0.3, -0.25) is 0 Å². The molecule has 0 spiro atoms. The molecule has 154 valence electrons. The van der Waals surface area contributed by atoms with Gasteiger partial charge in [0.25, 0.3) is 0 Å². The van der Waals surface area contributed by atoms with Crippen LogP contribution in [-0.4, -0.2) is 24.4 Å². The van der Waals surface area contributed by atoms with E-state index >= 15 is 0 Å². The van der Waals surface area contributed by atoms with Crippen molar-refractivity contribution in [2.45, 2.75) is 19.8 Å². The van der Waals surface area contributed by atoms with Gasteiger partial charge in [-0.05, 0) is 60.7 Å². The second-order valence-electron chi connectivity index (χ2n) is 6.28. The molecular weight excluding hydrogens is 467 g/mol. The van der Waals surface area contributed by atoms with Crippen LogP contribution in [0.2, 0.25) is 0 Å². The molecule has 29 heavy (non-hydrogen) atoms. The number of hydrogen-bond donors (Lipinski definition) is 2. The maximum atomic E-state index is 10.8. The fourth-order valence-corrected chi connectivity index (χ4v) is 4.01. The molecule has 0 aliphatic heterocycles. The second kappa shape index (κ2) is 11.1. The van der Waals surface area contributed by atoms with E-state index in [4.69, 9.17) is 28.1 Å². The number of hydrogen-bond acceptors (Lipinski definition) is 5. The fourth-order valence-electron chi connectivity index (χ4n) is 3.15. The van der Waals surface area contributed by atoms with Crippen molar-refractivity contribution in [2.24, 2.45) is 0 Å². The van der Waals surface area contributed by atoms with Crippen LogP contribution < -0.4 is 9.47 Å². The predicted octanol–water partition coefficient (Wildman–Crippen LogP) is 6.35. The third kappa shape index (κ3) is 5.62. The van der Waals surface area contributed by atoms with Gasteiger partial charge in [0.2, 0.25) is 0 Å². The van der Waals surface area contributed by atoms with Crippen LogP contribution >= 0.6 is 29.9 Å². The van der Waals surface area contributed by atoms with Crippen molar-refractivity contribution in [3.8, 4) is 23.0 Å². The van der Waals surface area contributed by atoms with Crippen molar-refractivity contribution in [3.63, 3.8) is 0 Å². The van der Waals surface area contributed by atoms with Gasteiger partial charge in [-0.1, -0.05) is 6.07 Å². The monoisotopic (exact) mass is 488 g/mol. The number of phenols is 2. The van der Waals surface area contributed by atoms with E-state index in [0.717, 1.165) is 16.0 Å². The molecule has 0 fully saturated rings. The average molecular weight is 489 g/mol. The zero-order chi connectivity index (χ0) is 21.6. The number of ether oxygens (including phenoxy) is 2. The van der Waals surface area contributed by atoms with Gasteiger partial charge < -0.3 is 19.7 Å². The topological polar surface area (TPSA) is 58.9 Å². The SMILES string of the molecule is COc1cc(C)c(O)c(C(c2cccs2)c2cc(OC)cc(C)c2O)c1.[Cl][Ti][Cl]. The Morgan fingerprint density at radius 1 is 0.897 bits per heavy atom.